The molecular formula is C21H20N4O3S. The van der Waals surface area contributed by atoms with Gasteiger partial charge in [-0.05, 0) is 42.3 Å². The van der Waals surface area contributed by atoms with Crippen molar-refractivity contribution in [3.8, 4) is 5.75 Å². The maximum atomic E-state index is 11.7. The van der Waals surface area contributed by atoms with E-state index in [9.17, 15) is 9.59 Å². The van der Waals surface area contributed by atoms with E-state index in [1.54, 1.807) is 12.4 Å². The van der Waals surface area contributed by atoms with E-state index in [0.29, 0.717) is 19.6 Å². The van der Waals surface area contributed by atoms with Crippen LogP contribution in [-0.4, -0.2) is 46.6 Å². The summed E-state index contributed by atoms with van der Waals surface area (Å²) in [6.07, 6.45) is 3.99. The molecule has 3 heterocycles. The number of carbonyl (C=O) groups is 2. The van der Waals surface area contributed by atoms with Gasteiger partial charge in [0.1, 0.15) is 18.2 Å². The number of likely N-dealkylation sites (N-methyl/N-ethyl adjacent to an activating group) is 1. The Morgan fingerprint density at radius 3 is 2.83 bits per heavy atom. The Morgan fingerprint density at radius 2 is 2.07 bits per heavy atom. The Kier molecular flexibility index (Phi) is 5.62. The van der Waals surface area contributed by atoms with Gasteiger partial charge < -0.3 is 9.64 Å². The fraction of sp³-hybridized carbons (Fsp3) is 0.238. The van der Waals surface area contributed by atoms with Gasteiger partial charge in [-0.3, -0.25) is 19.9 Å². The molecule has 1 atom stereocenters. The van der Waals surface area contributed by atoms with Gasteiger partial charge in [0.25, 0.3) is 5.24 Å². The van der Waals surface area contributed by atoms with E-state index < -0.39 is 0 Å². The lowest BCUT2D eigenvalue weighted by molar-refractivity contribution is -0.118. The molecule has 148 valence electrons. The fourth-order valence-electron chi connectivity index (χ4n) is 3.08. The molecule has 1 fully saturated rings. The first kappa shape index (κ1) is 19.2. The predicted molar refractivity (Wildman–Crippen MR) is 113 cm³/mol. The molecule has 0 bridgehead atoms. The molecule has 8 heteroatoms. The number of nitrogens with one attached hydrogen (secondary N) is 1. The number of imide groups is 1. The molecule has 7 nitrogen and oxygen atoms in total. The molecule has 2 aromatic heterocycles. The first-order valence-corrected chi connectivity index (χ1v) is 10.1. The highest BCUT2D eigenvalue weighted by molar-refractivity contribution is 8.15. The van der Waals surface area contributed by atoms with E-state index in [2.05, 4.69) is 15.3 Å². The van der Waals surface area contributed by atoms with Gasteiger partial charge in [0, 0.05) is 30.9 Å². The number of amides is 2. The molecule has 0 spiro atoms. The SMILES string of the molecule is CN(CCOc1ccc2cc(CC3SC(=O)NC3=O)cnc2c1)c1ccccn1. The number of rotatable bonds is 7. The molecule has 0 saturated carbocycles. The third kappa shape index (κ3) is 4.65. The summed E-state index contributed by atoms with van der Waals surface area (Å²) in [5, 5.41) is 2.60. The summed E-state index contributed by atoms with van der Waals surface area (Å²) in [5.74, 6) is 1.42. The number of hydrogen-bond acceptors (Lipinski definition) is 7. The summed E-state index contributed by atoms with van der Waals surface area (Å²) >= 11 is 1.03. The van der Waals surface area contributed by atoms with Crippen molar-refractivity contribution in [3.63, 3.8) is 0 Å². The van der Waals surface area contributed by atoms with Crippen LogP contribution in [0.25, 0.3) is 10.9 Å². The van der Waals surface area contributed by atoms with Gasteiger partial charge in [0.15, 0.2) is 0 Å². The predicted octanol–water partition coefficient (Wildman–Crippen LogP) is 3.04. The zero-order chi connectivity index (χ0) is 20.2. The van der Waals surface area contributed by atoms with E-state index >= 15 is 0 Å². The maximum Gasteiger partial charge on any atom is 0.286 e. The first-order chi connectivity index (χ1) is 14.1. The molecular weight excluding hydrogens is 388 g/mol. The smallest absolute Gasteiger partial charge is 0.286 e. The van der Waals surface area contributed by atoms with Crippen LogP contribution in [0.2, 0.25) is 0 Å². The van der Waals surface area contributed by atoms with Gasteiger partial charge >= 0.3 is 0 Å². The molecule has 1 aliphatic heterocycles. The minimum atomic E-state index is -0.388. The highest BCUT2D eigenvalue weighted by Gasteiger charge is 2.31. The molecule has 1 saturated heterocycles. The van der Waals surface area contributed by atoms with Gasteiger partial charge in [0.2, 0.25) is 5.91 Å². The largest absolute Gasteiger partial charge is 0.492 e. The molecule has 29 heavy (non-hydrogen) atoms. The number of anilines is 1. The number of fused-ring (bicyclic) bond motifs is 1. The molecule has 3 aromatic rings. The second-order valence-corrected chi connectivity index (χ2v) is 7.92. The molecule has 2 amide bonds. The standard InChI is InChI=1S/C21H20N4O3S/c1-25(19-4-2-3-7-22-19)8-9-28-16-6-5-15-10-14(13-23-17(15)12-16)11-18-20(26)24-21(27)29-18/h2-7,10,12-13,18H,8-9,11H2,1H3,(H,24,26,27). The Balaban J connectivity index is 1.37. The van der Waals surface area contributed by atoms with Crippen molar-refractivity contribution in [2.24, 2.45) is 0 Å². The highest BCUT2D eigenvalue weighted by atomic mass is 32.2. The van der Waals surface area contributed by atoms with Crippen LogP contribution in [0, 0.1) is 0 Å². The molecule has 0 aliphatic carbocycles. The Bertz CT molecular complexity index is 1040. The van der Waals surface area contributed by atoms with E-state index in [-0.39, 0.29) is 16.4 Å². The third-order valence-corrected chi connectivity index (χ3v) is 5.62. The summed E-state index contributed by atoms with van der Waals surface area (Å²) in [4.78, 5) is 33.9. The lowest BCUT2D eigenvalue weighted by Gasteiger charge is -2.18. The summed E-state index contributed by atoms with van der Waals surface area (Å²) in [6, 6.07) is 13.6. The number of hydrogen-bond donors (Lipinski definition) is 1. The van der Waals surface area contributed by atoms with Crippen molar-refractivity contribution in [2.75, 3.05) is 25.1 Å². The number of thioether (sulfide) groups is 1. The van der Waals surface area contributed by atoms with Crippen LogP contribution in [-0.2, 0) is 11.2 Å². The minimum Gasteiger partial charge on any atom is -0.492 e. The van der Waals surface area contributed by atoms with Crippen LogP contribution in [0.1, 0.15) is 5.56 Å². The molecule has 4 rings (SSSR count). The van der Waals surface area contributed by atoms with Crippen LogP contribution in [0.5, 0.6) is 5.75 Å². The average Bonchev–Trinajstić information content (AvgIpc) is 3.05. The van der Waals surface area contributed by atoms with E-state index in [0.717, 1.165) is 39.8 Å². The Morgan fingerprint density at radius 1 is 1.17 bits per heavy atom. The lowest BCUT2D eigenvalue weighted by Crippen LogP contribution is -2.25. The molecule has 1 aliphatic rings. The first-order valence-electron chi connectivity index (χ1n) is 9.23. The van der Waals surface area contributed by atoms with Gasteiger partial charge in [-0.15, -0.1) is 0 Å². The van der Waals surface area contributed by atoms with Crippen molar-refractivity contribution < 1.29 is 14.3 Å². The third-order valence-electron chi connectivity index (χ3n) is 4.64. The minimum absolute atomic E-state index is 0.237. The monoisotopic (exact) mass is 408 g/mol. The fourth-order valence-corrected chi connectivity index (χ4v) is 3.94. The number of nitrogens with zero attached hydrogens (tertiary/aromatic N) is 3. The van der Waals surface area contributed by atoms with Gasteiger partial charge in [-0.25, -0.2) is 4.98 Å². The van der Waals surface area contributed by atoms with Crippen molar-refractivity contribution in [3.05, 3.63) is 60.4 Å². The van der Waals surface area contributed by atoms with Crippen molar-refractivity contribution >= 4 is 39.6 Å². The van der Waals surface area contributed by atoms with Crippen LogP contribution in [0.3, 0.4) is 0 Å². The van der Waals surface area contributed by atoms with Crippen molar-refractivity contribution in [1.29, 1.82) is 0 Å². The van der Waals surface area contributed by atoms with Crippen LogP contribution in [0.15, 0.2) is 54.9 Å². The topological polar surface area (TPSA) is 84.4 Å². The maximum absolute atomic E-state index is 11.7. The lowest BCUT2D eigenvalue weighted by atomic mass is 10.1. The zero-order valence-corrected chi connectivity index (χ0v) is 16.7. The van der Waals surface area contributed by atoms with Crippen LogP contribution < -0.4 is 15.0 Å². The average molecular weight is 408 g/mol. The summed E-state index contributed by atoms with van der Waals surface area (Å²) in [5.41, 5.74) is 1.74. The molecule has 1 unspecified atom stereocenters. The second-order valence-electron chi connectivity index (χ2n) is 6.74. The highest BCUT2D eigenvalue weighted by Crippen LogP contribution is 2.25. The number of carbonyl (C=O) groups excluding carboxylic acids is 2. The normalized spacial score (nSPS) is 16.1. The summed E-state index contributed by atoms with van der Waals surface area (Å²) < 4.78 is 5.87. The number of pyridine rings is 2. The quantitative estimate of drug-likeness (QED) is 0.643. The Hall–Kier alpha value is -3.13. The molecule has 1 aromatic carbocycles. The summed E-state index contributed by atoms with van der Waals surface area (Å²) in [7, 11) is 1.98. The summed E-state index contributed by atoms with van der Waals surface area (Å²) in [6.45, 7) is 1.24. The molecule has 1 N–H and O–H groups in total. The van der Waals surface area contributed by atoms with Crippen molar-refractivity contribution in [1.82, 2.24) is 15.3 Å². The van der Waals surface area contributed by atoms with Gasteiger partial charge in [0.05, 0.1) is 17.3 Å². The van der Waals surface area contributed by atoms with E-state index in [1.807, 2.05) is 54.4 Å². The van der Waals surface area contributed by atoms with Gasteiger partial charge in [-0.2, -0.15) is 0 Å². The van der Waals surface area contributed by atoms with Crippen LogP contribution >= 0.6 is 11.8 Å². The second kappa shape index (κ2) is 8.48. The van der Waals surface area contributed by atoms with Gasteiger partial charge in [-0.1, -0.05) is 17.8 Å². The van der Waals surface area contributed by atoms with Crippen molar-refractivity contribution in [2.45, 2.75) is 11.7 Å². The van der Waals surface area contributed by atoms with Crippen LogP contribution in [0.4, 0.5) is 10.6 Å². The van der Waals surface area contributed by atoms with E-state index in [1.165, 1.54) is 0 Å². The number of aromatic nitrogens is 2. The number of ether oxygens (including phenoxy) is 1. The van der Waals surface area contributed by atoms with E-state index in [4.69, 9.17) is 4.74 Å². The number of benzene rings is 1. The molecule has 0 radical (unpaired) electrons. The Labute approximate surface area is 172 Å². The zero-order valence-electron chi connectivity index (χ0n) is 15.9.